The number of halogens is 5. The van der Waals surface area contributed by atoms with Gasteiger partial charge in [0, 0.05) is 16.7 Å². The van der Waals surface area contributed by atoms with Crippen molar-refractivity contribution in [1.29, 1.82) is 0 Å². The molecule has 2 aromatic carbocycles. The molecule has 0 saturated carbocycles. The van der Waals surface area contributed by atoms with Gasteiger partial charge in [0.1, 0.15) is 40.9 Å². The molecule has 1 aliphatic rings. The number of hydrogen-bond donors (Lipinski definition) is 3. The summed E-state index contributed by atoms with van der Waals surface area (Å²) in [5, 5.41) is 15.0. The molecule has 10 nitrogen and oxygen atoms in total. The highest BCUT2D eigenvalue weighted by atomic mass is 35.5. The molecule has 0 amide bonds. The van der Waals surface area contributed by atoms with Crippen LogP contribution in [0.3, 0.4) is 0 Å². The Morgan fingerprint density at radius 3 is 2.59 bits per heavy atom. The number of hydrazine groups is 1. The van der Waals surface area contributed by atoms with Crippen LogP contribution in [0.15, 0.2) is 41.4 Å². The molecule has 1 aromatic heterocycles. The molecular weight excluding hydrogens is 599 g/mol. The summed E-state index contributed by atoms with van der Waals surface area (Å²) in [6.07, 6.45) is 0.301. The molecule has 0 bridgehead atoms. The first-order chi connectivity index (χ1) is 18.6. The van der Waals surface area contributed by atoms with E-state index in [0.717, 1.165) is 17.0 Å². The molecule has 0 spiro atoms. The molecule has 1 aliphatic heterocycles. The Morgan fingerprint density at radius 1 is 1.26 bits per heavy atom. The Hall–Kier alpha value is -2.23. The fraction of sp³-hybridized carbons (Fsp3) is 0.348. The SMILES string of the molecule is CC1OCC1OC(Sc1ccc(Cl)c(Cl)c1)[C@H](CN(N)/C=C(\N)c1cc(F)c(Cl)c(F)c1)OCc1nnn[nH]1. The number of ether oxygens (including phenoxy) is 3. The molecule has 3 aromatic rings. The number of rotatable bonds is 12. The molecule has 1 fully saturated rings. The Bertz CT molecular complexity index is 1280. The normalized spacial score (nSPS) is 19.0. The average molecular weight is 623 g/mol. The monoisotopic (exact) mass is 621 g/mol. The third kappa shape index (κ3) is 7.92. The maximum absolute atomic E-state index is 14.0. The lowest BCUT2D eigenvalue weighted by Crippen LogP contribution is -2.50. The molecule has 210 valence electrons. The summed E-state index contributed by atoms with van der Waals surface area (Å²) < 4.78 is 45.9. The van der Waals surface area contributed by atoms with Crippen molar-refractivity contribution in [2.24, 2.45) is 11.6 Å². The number of nitrogens with one attached hydrogen (secondary N) is 1. The van der Waals surface area contributed by atoms with Crippen LogP contribution in [-0.4, -0.2) is 62.5 Å². The van der Waals surface area contributed by atoms with Crippen LogP contribution in [0.1, 0.15) is 18.3 Å². The van der Waals surface area contributed by atoms with E-state index in [0.29, 0.717) is 22.5 Å². The van der Waals surface area contributed by atoms with E-state index in [1.165, 1.54) is 23.0 Å². The summed E-state index contributed by atoms with van der Waals surface area (Å²) in [4.78, 5) is 0.767. The number of nitrogens with zero attached hydrogens (tertiary/aromatic N) is 4. The van der Waals surface area contributed by atoms with Gasteiger partial charge < -0.3 is 25.0 Å². The average Bonchev–Trinajstić information content (AvgIpc) is 3.42. The van der Waals surface area contributed by atoms with E-state index in [2.05, 4.69) is 20.6 Å². The Morgan fingerprint density at radius 2 is 2.00 bits per heavy atom. The minimum atomic E-state index is -0.947. The summed E-state index contributed by atoms with van der Waals surface area (Å²) in [6, 6.07) is 7.22. The molecule has 4 rings (SSSR count). The second kappa shape index (κ2) is 13.4. The number of tetrazole rings is 1. The lowest BCUT2D eigenvalue weighted by atomic mass is 10.1. The Labute approximate surface area is 241 Å². The van der Waals surface area contributed by atoms with Crippen molar-refractivity contribution in [1.82, 2.24) is 25.6 Å². The number of H-pyrrole nitrogens is 1. The van der Waals surface area contributed by atoms with Crippen molar-refractivity contribution in [2.45, 2.75) is 42.2 Å². The van der Waals surface area contributed by atoms with Crippen LogP contribution < -0.4 is 11.6 Å². The van der Waals surface area contributed by atoms with Gasteiger partial charge in [-0.2, -0.15) is 0 Å². The van der Waals surface area contributed by atoms with Gasteiger partial charge in [-0.05, 0) is 47.7 Å². The predicted octanol–water partition coefficient (Wildman–Crippen LogP) is 4.38. The molecule has 0 radical (unpaired) electrons. The molecule has 4 atom stereocenters. The number of hydrogen-bond acceptors (Lipinski definition) is 10. The van der Waals surface area contributed by atoms with E-state index in [9.17, 15) is 8.78 Å². The zero-order valence-electron chi connectivity index (χ0n) is 20.4. The van der Waals surface area contributed by atoms with E-state index in [1.54, 1.807) is 18.2 Å². The van der Waals surface area contributed by atoms with Crippen molar-refractivity contribution in [3.8, 4) is 0 Å². The summed E-state index contributed by atoms with van der Waals surface area (Å²) in [5.41, 5.74) is 5.52. The van der Waals surface area contributed by atoms with Gasteiger partial charge in [-0.1, -0.05) is 46.6 Å². The van der Waals surface area contributed by atoms with Crippen LogP contribution in [0.4, 0.5) is 8.78 Å². The minimum absolute atomic E-state index is 0.000714. The van der Waals surface area contributed by atoms with Crippen molar-refractivity contribution in [2.75, 3.05) is 13.2 Å². The zero-order chi connectivity index (χ0) is 28.1. The van der Waals surface area contributed by atoms with E-state index >= 15 is 0 Å². The maximum atomic E-state index is 14.0. The fourth-order valence-corrected chi connectivity index (χ4v) is 5.03. The zero-order valence-corrected chi connectivity index (χ0v) is 23.4. The molecule has 39 heavy (non-hydrogen) atoms. The van der Waals surface area contributed by atoms with E-state index < -0.39 is 28.2 Å². The van der Waals surface area contributed by atoms with Crippen LogP contribution in [0.2, 0.25) is 15.1 Å². The van der Waals surface area contributed by atoms with Gasteiger partial charge in [-0.15, -0.1) is 5.10 Å². The van der Waals surface area contributed by atoms with Crippen molar-refractivity contribution < 1.29 is 23.0 Å². The van der Waals surface area contributed by atoms with Gasteiger partial charge in [0.25, 0.3) is 0 Å². The molecule has 5 N–H and O–H groups in total. The van der Waals surface area contributed by atoms with Crippen LogP contribution in [0.5, 0.6) is 0 Å². The quantitative estimate of drug-likeness (QED) is 0.0877. The van der Waals surface area contributed by atoms with Gasteiger partial charge in [0.05, 0.1) is 35.0 Å². The fourth-order valence-electron chi connectivity index (χ4n) is 3.44. The maximum Gasteiger partial charge on any atom is 0.174 e. The van der Waals surface area contributed by atoms with Gasteiger partial charge in [0.2, 0.25) is 0 Å². The summed E-state index contributed by atoms with van der Waals surface area (Å²) in [7, 11) is 0. The van der Waals surface area contributed by atoms with E-state index in [4.69, 9.17) is 60.6 Å². The van der Waals surface area contributed by atoms with Crippen molar-refractivity contribution >= 4 is 52.3 Å². The first-order valence-corrected chi connectivity index (χ1v) is 13.5. The summed E-state index contributed by atoms with van der Waals surface area (Å²) in [5.74, 6) is 4.74. The molecule has 3 unspecified atom stereocenters. The van der Waals surface area contributed by atoms with Crippen molar-refractivity contribution in [3.05, 3.63) is 74.6 Å². The highest BCUT2D eigenvalue weighted by Crippen LogP contribution is 2.35. The number of thioether (sulfide) groups is 1. The number of benzene rings is 2. The van der Waals surface area contributed by atoms with E-state index in [1.807, 2.05) is 6.92 Å². The topological polar surface area (TPSA) is 137 Å². The molecule has 1 saturated heterocycles. The third-order valence-electron chi connectivity index (χ3n) is 5.64. The molecule has 0 aliphatic carbocycles. The Kier molecular flexibility index (Phi) is 10.2. The second-order valence-corrected chi connectivity index (χ2v) is 10.9. The van der Waals surface area contributed by atoms with Crippen LogP contribution in [0, 0.1) is 11.6 Å². The summed E-state index contributed by atoms with van der Waals surface area (Å²) >= 11 is 19.2. The van der Waals surface area contributed by atoms with Gasteiger partial charge in [-0.25, -0.2) is 19.7 Å². The lowest BCUT2D eigenvalue weighted by molar-refractivity contribution is -0.201. The Balaban J connectivity index is 1.58. The van der Waals surface area contributed by atoms with Gasteiger partial charge >= 0.3 is 0 Å². The van der Waals surface area contributed by atoms with Gasteiger partial charge in [-0.3, -0.25) is 0 Å². The van der Waals surface area contributed by atoms with Crippen LogP contribution >= 0.6 is 46.6 Å². The number of aromatic nitrogens is 4. The first kappa shape index (κ1) is 29.7. The van der Waals surface area contributed by atoms with Crippen LogP contribution in [0.25, 0.3) is 5.70 Å². The smallest absolute Gasteiger partial charge is 0.174 e. The van der Waals surface area contributed by atoms with Gasteiger partial charge in [0.15, 0.2) is 5.82 Å². The van der Waals surface area contributed by atoms with E-state index in [-0.39, 0.29) is 36.6 Å². The first-order valence-electron chi connectivity index (χ1n) is 11.5. The molecular formula is C23H24Cl3F2N7O3S. The summed E-state index contributed by atoms with van der Waals surface area (Å²) in [6.45, 7) is 2.36. The number of nitrogens with two attached hydrogens (primary N) is 2. The third-order valence-corrected chi connectivity index (χ3v) is 7.91. The standard InChI is InChI=1S/C23H24Cl3F2N7O3S/c1-11-20(9-36-11)38-23(39-13-2-3-14(24)15(25)6-13)19(37-10-21-31-33-34-32-21)8-35(30)7-18(29)12-4-16(27)22(26)17(28)5-12/h2-7,11,19-20,23H,8-10,29-30H2,1H3,(H,31,32,33,34)/b18-7-/t11?,19-,20?,23?/m0/s1. The van der Waals surface area contributed by atoms with Crippen molar-refractivity contribution in [3.63, 3.8) is 0 Å². The second-order valence-electron chi connectivity index (χ2n) is 8.51. The highest BCUT2D eigenvalue weighted by molar-refractivity contribution is 7.99. The minimum Gasteiger partial charge on any atom is -0.397 e. The number of aromatic amines is 1. The molecule has 2 heterocycles. The largest absolute Gasteiger partial charge is 0.397 e. The predicted molar refractivity (Wildman–Crippen MR) is 144 cm³/mol. The van der Waals surface area contributed by atoms with Crippen LogP contribution in [-0.2, 0) is 20.8 Å². The highest BCUT2D eigenvalue weighted by Gasteiger charge is 2.36. The molecule has 16 heteroatoms. The lowest BCUT2D eigenvalue weighted by Gasteiger charge is -2.39.